The van der Waals surface area contributed by atoms with E-state index in [1.54, 1.807) is 0 Å². The van der Waals surface area contributed by atoms with Gasteiger partial charge in [0.2, 0.25) is 0 Å². The molecule has 2 unspecified atom stereocenters. The standard InChI is InChI=1S/C7H11NO2/c1-3-7(2)9-5-6(4-8)10-7/h6H,3,5H2,1-2H3. The highest BCUT2D eigenvalue weighted by molar-refractivity contribution is 4.89. The molecule has 10 heavy (non-hydrogen) atoms. The SMILES string of the molecule is CCC1(C)OCC(C#N)O1. The molecular weight excluding hydrogens is 130 g/mol. The highest BCUT2D eigenvalue weighted by Gasteiger charge is 2.35. The summed E-state index contributed by atoms with van der Waals surface area (Å²) >= 11 is 0. The second-order valence-corrected chi connectivity index (χ2v) is 2.53. The van der Waals surface area contributed by atoms with Gasteiger partial charge in [-0.15, -0.1) is 0 Å². The lowest BCUT2D eigenvalue weighted by molar-refractivity contribution is -0.149. The summed E-state index contributed by atoms with van der Waals surface area (Å²) in [6.45, 7) is 4.23. The van der Waals surface area contributed by atoms with Gasteiger partial charge in [0.05, 0.1) is 12.7 Å². The highest BCUT2D eigenvalue weighted by Crippen LogP contribution is 2.25. The van der Waals surface area contributed by atoms with Crippen LogP contribution in [0.4, 0.5) is 0 Å². The van der Waals surface area contributed by atoms with E-state index >= 15 is 0 Å². The van der Waals surface area contributed by atoms with Crippen molar-refractivity contribution in [1.29, 1.82) is 5.26 Å². The van der Waals surface area contributed by atoms with Crippen molar-refractivity contribution in [3.8, 4) is 6.07 Å². The lowest BCUT2D eigenvalue weighted by Gasteiger charge is -2.19. The van der Waals surface area contributed by atoms with Gasteiger partial charge >= 0.3 is 0 Å². The number of hydrogen-bond acceptors (Lipinski definition) is 3. The van der Waals surface area contributed by atoms with Crippen LogP contribution in [0.15, 0.2) is 0 Å². The van der Waals surface area contributed by atoms with Crippen LogP contribution >= 0.6 is 0 Å². The smallest absolute Gasteiger partial charge is 0.170 e. The summed E-state index contributed by atoms with van der Waals surface area (Å²) in [4.78, 5) is 0. The van der Waals surface area contributed by atoms with E-state index < -0.39 is 5.79 Å². The van der Waals surface area contributed by atoms with Crippen molar-refractivity contribution in [2.24, 2.45) is 0 Å². The maximum Gasteiger partial charge on any atom is 0.170 e. The van der Waals surface area contributed by atoms with Crippen molar-refractivity contribution in [2.75, 3.05) is 6.61 Å². The molecule has 0 saturated carbocycles. The Morgan fingerprint density at radius 1 is 1.80 bits per heavy atom. The first-order chi connectivity index (χ1) is 4.70. The van der Waals surface area contributed by atoms with Crippen molar-refractivity contribution in [3.05, 3.63) is 0 Å². The van der Waals surface area contributed by atoms with Crippen LogP contribution in [-0.2, 0) is 9.47 Å². The predicted molar refractivity (Wildman–Crippen MR) is 35.1 cm³/mol. The minimum atomic E-state index is -0.513. The molecule has 0 bridgehead atoms. The van der Waals surface area contributed by atoms with Gasteiger partial charge in [0, 0.05) is 0 Å². The van der Waals surface area contributed by atoms with Crippen LogP contribution < -0.4 is 0 Å². The Morgan fingerprint density at radius 3 is 2.80 bits per heavy atom. The summed E-state index contributed by atoms with van der Waals surface area (Å²) in [7, 11) is 0. The topological polar surface area (TPSA) is 42.2 Å². The molecule has 2 atom stereocenters. The van der Waals surface area contributed by atoms with Gasteiger partial charge in [-0.1, -0.05) is 6.92 Å². The Hall–Kier alpha value is -0.590. The Balaban J connectivity index is 2.51. The Morgan fingerprint density at radius 2 is 2.50 bits per heavy atom. The summed E-state index contributed by atoms with van der Waals surface area (Å²) in [5.41, 5.74) is 0. The first-order valence-electron chi connectivity index (χ1n) is 3.41. The Kier molecular flexibility index (Phi) is 1.93. The molecule has 0 N–H and O–H groups in total. The summed E-state index contributed by atoms with van der Waals surface area (Å²) < 4.78 is 10.5. The molecule has 1 heterocycles. The molecule has 0 aromatic rings. The molecule has 0 aromatic heterocycles. The molecule has 1 aliphatic heterocycles. The van der Waals surface area contributed by atoms with Crippen LogP contribution in [0.5, 0.6) is 0 Å². The third kappa shape index (κ3) is 1.28. The number of rotatable bonds is 1. The van der Waals surface area contributed by atoms with E-state index in [1.807, 2.05) is 19.9 Å². The van der Waals surface area contributed by atoms with Gasteiger partial charge in [-0.05, 0) is 13.3 Å². The molecule has 0 amide bonds. The first kappa shape index (κ1) is 7.52. The quantitative estimate of drug-likeness (QED) is 0.548. The van der Waals surface area contributed by atoms with E-state index in [9.17, 15) is 0 Å². The zero-order valence-corrected chi connectivity index (χ0v) is 6.26. The third-order valence-corrected chi connectivity index (χ3v) is 1.72. The Labute approximate surface area is 60.5 Å². The van der Waals surface area contributed by atoms with Gasteiger partial charge in [-0.3, -0.25) is 0 Å². The number of hydrogen-bond donors (Lipinski definition) is 0. The molecule has 0 radical (unpaired) electrons. The van der Waals surface area contributed by atoms with Gasteiger partial charge < -0.3 is 9.47 Å². The van der Waals surface area contributed by atoms with Crippen molar-refractivity contribution in [3.63, 3.8) is 0 Å². The van der Waals surface area contributed by atoms with Crippen molar-refractivity contribution in [2.45, 2.75) is 32.2 Å². The zero-order chi connectivity index (χ0) is 7.61. The highest BCUT2D eigenvalue weighted by atomic mass is 16.7. The van der Waals surface area contributed by atoms with Gasteiger partial charge in [0.15, 0.2) is 11.9 Å². The van der Waals surface area contributed by atoms with Crippen LogP contribution in [0, 0.1) is 11.3 Å². The van der Waals surface area contributed by atoms with Gasteiger partial charge in [-0.2, -0.15) is 5.26 Å². The fourth-order valence-electron chi connectivity index (χ4n) is 0.870. The minimum absolute atomic E-state index is 0.370. The van der Waals surface area contributed by atoms with E-state index in [0.717, 1.165) is 6.42 Å². The third-order valence-electron chi connectivity index (χ3n) is 1.72. The summed E-state index contributed by atoms with van der Waals surface area (Å²) in [6, 6.07) is 2.01. The summed E-state index contributed by atoms with van der Waals surface area (Å²) in [6.07, 6.45) is 0.412. The molecule has 1 aliphatic rings. The number of nitriles is 1. The fourth-order valence-corrected chi connectivity index (χ4v) is 0.870. The van der Waals surface area contributed by atoms with Crippen molar-refractivity contribution >= 4 is 0 Å². The zero-order valence-electron chi connectivity index (χ0n) is 6.26. The van der Waals surface area contributed by atoms with Crippen LogP contribution in [0.25, 0.3) is 0 Å². The molecule has 0 spiro atoms. The molecule has 1 fully saturated rings. The summed E-state index contributed by atoms with van der Waals surface area (Å²) in [5, 5.41) is 8.44. The van der Waals surface area contributed by atoms with E-state index in [0.29, 0.717) is 6.61 Å². The van der Waals surface area contributed by atoms with Crippen LogP contribution in [0.1, 0.15) is 20.3 Å². The normalized spacial score (nSPS) is 39.5. The minimum Gasteiger partial charge on any atom is -0.346 e. The second-order valence-electron chi connectivity index (χ2n) is 2.53. The molecule has 0 aromatic carbocycles. The summed E-state index contributed by atoms with van der Waals surface area (Å²) in [5.74, 6) is -0.513. The average molecular weight is 141 g/mol. The largest absolute Gasteiger partial charge is 0.346 e. The van der Waals surface area contributed by atoms with Crippen LogP contribution in [-0.4, -0.2) is 18.5 Å². The molecule has 3 heteroatoms. The second kappa shape index (κ2) is 2.57. The molecule has 1 rings (SSSR count). The number of ether oxygens (including phenoxy) is 2. The van der Waals surface area contributed by atoms with E-state index in [4.69, 9.17) is 14.7 Å². The molecule has 0 aliphatic carbocycles. The van der Waals surface area contributed by atoms with E-state index in [1.165, 1.54) is 0 Å². The van der Waals surface area contributed by atoms with Crippen LogP contribution in [0.3, 0.4) is 0 Å². The molecule has 3 nitrogen and oxygen atoms in total. The maximum absolute atomic E-state index is 8.44. The monoisotopic (exact) mass is 141 g/mol. The van der Waals surface area contributed by atoms with E-state index in [-0.39, 0.29) is 6.10 Å². The van der Waals surface area contributed by atoms with Crippen LogP contribution in [0.2, 0.25) is 0 Å². The average Bonchev–Trinajstić information content (AvgIpc) is 2.33. The van der Waals surface area contributed by atoms with Gasteiger partial charge in [0.1, 0.15) is 0 Å². The van der Waals surface area contributed by atoms with Crippen molar-refractivity contribution < 1.29 is 9.47 Å². The van der Waals surface area contributed by atoms with Crippen molar-refractivity contribution in [1.82, 2.24) is 0 Å². The number of nitrogens with zero attached hydrogens (tertiary/aromatic N) is 1. The first-order valence-corrected chi connectivity index (χ1v) is 3.41. The molecular formula is C7H11NO2. The lowest BCUT2D eigenvalue weighted by Crippen LogP contribution is -2.24. The van der Waals surface area contributed by atoms with Gasteiger partial charge in [0.25, 0.3) is 0 Å². The predicted octanol–water partition coefficient (Wildman–Crippen LogP) is 1.05. The molecule has 1 saturated heterocycles. The lowest BCUT2D eigenvalue weighted by atomic mass is 10.2. The Bertz CT molecular complexity index is 163. The van der Waals surface area contributed by atoms with E-state index in [2.05, 4.69) is 0 Å². The van der Waals surface area contributed by atoms with Gasteiger partial charge in [-0.25, -0.2) is 0 Å². The molecule has 56 valence electrons. The maximum atomic E-state index is 8.44. The fraction of sp³-hybridized carbons (Fsp3) is 0.857.